The summed E-state index contributed by atoms with van der Waals surface area (Å²) in [5, 5.41) is 0.739. The first kappa shape index (κ1) is 13.4. The van der Waals surface area contributed by atoms with Crippen molar-refractivity contribution in [2.45, 2.75) is 45.7 Å². The van der Waals surface area contributed by atoms with Crippen LogP contribution in [0.2, 0.25) is 5.02 Å². The summed E-state index contributed by atoms with van der Waals surface area (Å²) in [6, 6.07) is 5.82. The van der Waals surface area contributed by atoms with Crippen LogP contribution >= 0.6 is 11.6 Å². The van der Waals surface area contributed by atoms with Crippen molar-refractivity contribution in [3.63, 3.8) is 0 Å². The molecule has 0 bridgehead atoms. The predicted octanol–water partition coefficient (Wildman–Crippen LogP) is 3.68. The third-order valence-electron chi connectivity index (χ3n) is 3.74. The van der Waals surface area contributed by atoms with Crippen LogP contribution in [-0.4, -0.2) is 9.55 Å². The molecule has 4 heteroatoms. The van der Waals surface area contributed by atoms with Gasteiger partial charge < -0.3 is 10.3 Å². The van der Waals surface area contributed by atoms with Gasteiger partial charge in [0.25, 0.3) is 0 Å². The van der Waals surface area contributed by atoms with Gasteiger partial charge in [-0.25, -0.2) is 4.98 Å². The molecule has 0 saturated heterocycles. The Hall–Kier alpha value is -1.06. The van der Waals surface area contributed by atoms with Gasteiger partial charge in [-0.2, -0.15) is 0 Å². The summed E-state index contributed by atoms with van der Waals surface area (Å²) >= 11 is 6.29. The van der Waals surface area contributed by atoms with Gasteiger partial charge in [0.05, 0.1) is 21.6 Å². The molecule has 0 aliphatic rings. The lowest BCUT2D eigenvalue weighted by Gasteiger charge is -2.26. The zero-order chi connectivity index (χ0) is 13.3. The van der Waals surface area contributed by atoms with E-state index in [1.165, 1.54) is 0 Å². The summed E-state index contributed by atoms with van der Waals surface area (Å²) < 4.78 is 2.14. The fourth-order valence-corrected chi connectivity index (χ4v) is 2.67. The Morgan fingerprint density at radius 1 is 1.28 bits per heavy atom. The van der Waals surface area contributed by atoms with E-state index in [2.05, 4.69) is 25.3 Å². The Bertz CT molecular complexity index is 555. The zero-order valence-corrected chi connectivity index (χ0v) is 12.0. The number of halogens is 1. The van der Waals surface area contributed by atoms with Gasteiger partial charge in [0.2, 0.25) is 0 Å². The quantitative estimate of drug-likeness (QED) is 0.916. The van der Waals surface area contributed by atoms with Crippen molar-refractivity contribution >= 4 is 22.6 Å². The molecule has 3 nitrogen and oxygen atoms in total. The summed E-state index contributed by atoms with van der Waals surface area (Å²) in [4.78, 5) is 4.71. The van der Waals surface area contributed by atoms with E-state index in [1.54, 1.807) is 0 Å². The summed E-state index contributed by atoms with van der Waals surface area (Å²) in [5.74, 6) is 0.943. The maximum Gasteiger partial charge on any atom is 0.130 e. The smallest absolute Gasteiger partial charge is 0.130 e. The molecular weight excluding hydrogens is 246 g/mol. The predicted molar refractivity (Wildman–Crippen MR) is 76.9 cm³/mol. The first-order valence-corrected chi connectivity index (χ1v) is 6.89. The normalized spacial score (nSPS) is 12.3. The van der Waals surface area contributed by atoms with Gasteiger partial charge in [-0.15, -0.1) is 0 Å². The lowest BCUT2D eigenvalue weighted by Crippen LogP contribution is -2.38. The number of aryl methyl sites for hydroxylation is 1. The highest BCUT2D eigenvalue weighted by Gasteiger charge is 2.29. The van der Waals surface area contributed by atoms with Crippen LogP contribution in [-0.2, 0) is 12.1 Å². The van der Waals surface area contributed by atoms with Gasteiger partial charge >= 0.3 is 0 Å². The van der Waals surface area contributed by atoms with Gasteiger partial charge in [0.1, 0.15) is 5.82 Å². The van der Waals surface area contributed by atoms with Gasteiger partial charge in [0, 0.05) is 6.54 Å². The highest BCUT2D eigenvalue weighted by atomic mass is 35.5. The largest absolute Gasteiger partial charge is 0.325 e. The lowest BCUT2D eigenvalue weighted by molar-refractivity contribution is 0.373. The number of nitrogens with two attached hydrogens (primary N) is 1. The monoisotopic (exact) mass is 265 g/mol. The minimum atomic E-state index is -0.377. The molecule has 0 radical (unpaired) electrons. The van der Waals surface area contributed by atoms with Crippen molar-refractivity contribution in [2.24, 2.45) is 5.73 Å². The van der Waals surface area contributed by atoms with Gasteiger partial charge in [-0.3, -0.25) is 0 Å². The average Bonchev–Trinajstić information content (AvgIpc) is 2.78. The van der Waals surface area contributed by atoms with Gasteiger partial charge in [0.15, 0.2) is 0 Å². The van der Waals surface area contributed by atoms with Crippen molar-refractivity contribution in [3.8, 4) is 0 Å². The highest BCUT2D eigenvalue weighted by Crippen LogP contribution is 2.31. The molecular formula is C14H20ClN3. The summed E-state index contributed by atoms with van der Waals surface area (Å²) in [7, 11) is 0. The van der Waals surface area contributed by atoms with Gasteiger partial charge in [-0.05, 0) is 31.9 Å². The maximum atomic E-state index is 6.48. The number of fused-ring (bicyclic) bond motifs is 1. The third kappa shape index (κ3) is 1.91. The van der Waals surface area contributed by atoms with E-state index in [9.17, 15) is 0 Å². The molecule has 2 N–H and O–H groups in total. The van der Waals surface area contributed by atoms with E-state index in [1.807, 2.05) is 18.2 Å². The van der Waals surface area contributed by atoms with E-state index >= 15 is 0 Å². The molecule has 0 aliphatic heterocycles. The Labute approximate surface area is 113 Å². The molecule has 0 amide bonds. The molecule has 2 aromatic rings. The minimum absolute atomic E-state index is 0.377. The molecule has 18 heavy (non-hydrogen) atoms. The Morgan fingerprint density at radius 3 is 2.50 bits per heavy atom. The maximum absolute atomic E-state index is 6.48. The topological polar surface area (TPSA) is 43.8 Å². The van der Waals surface area contributed by atoms with E-state index in [0.29, 0.717) is 0 Å². The van der Waals surface area contributed by atoms with Crippen LogP contribution in [0.3, 0.4) is 0 Å². The Balaban J connectivity index is 2.76. The van der Waals surface area contributed by atoms with Crippen LogP contribution in [0.1, 0.15) is 39.4 Å². The molecule has 0 saturated carbocycles. The third-order valence-corrected chi connectivity index (χ3v) is 4.05. The number of aromatic nitrogens is 2. The fourth-order valence-electron chi connectivity index (χ4n) is 2.40. The molecule has 1 aromatic carbocycles. The van der Waals surface area contributed by atoms with E-state index in [-0.39, 0.29) is 5.54 Å². The second-order valence-electron chi connectivity index (χ2n) is 4.65. The molecule has 0 spiro atoms. The summed E-state index contributed by atoms with van der Waals surface area (Å²) in [6.45, 7) is 7.13. The standard InChI is InChI=1S/C14H20ClN3/c1-4-14(16,5-2)13-17-11-9-7-8-10(15)12(11)18(13)6-3/h7-9H,4-6,16H2,1-3H3. The molecule has 2 rings (SSSR count). The molecule has 0 aliphatic carbocycles. The Morgan fingerprint density at radius 2 is 1.94 bits per heavy atom. The van der Waals surface area contributed by atoms with Crippen molar-refractivity contribution < 1.29 is 0 Å². The number of nitrogens with zero attached hydrogens (tertiary/aromatic N) is 2. The van der Waals surface area contributed by atoms with E-state index < -0.39 is 0 Å². The molecule has 0 unspecified atom stereocenters. The van der Waals surface area contributed by atoms with Crippen LogP contribution < -0.4 is 5.73 Å². The molecule has 0 fully saturated rings. The van der Waals surface area contributed by atoms with Gasteiger partial charge in [-0.1, -0.05) is 31.5 Å². The molecule has 1 heterocycles. The SMILES string of the molecule is CCn1c(C(N)(CC)CC)nc2cccc(Cl)c21. The highest BCUT2D eigenvalue weighted by molar-refractivity contribution is 6.35. The second kappa shape index (κ2) is 4.90. The molecule has 1 aromatic heterocycles. The van der Waals surface area contributed by atoms with Crippen LogP contribution in [0.15, 0.2) is 18.2 Å². The molecule has 0 atom stereocenters. The van der Waals surface area contributed by atoms with Crippen LogP contribution in [0.5, 0.6) is 0 Å². The number of imidazole rings is 1. The van der Waals surface area contributed by atoms with Crippen molar-refractivity contribution in [2.75, 3.05) is 0 Å². The summed E-state index contributed by atoms with van der Waals surface area (Å²) in [6.07, 6.45) is 1.73. The van der Waals surface area contributed by atoms with Crippen molar-refractivity contribution in [1.82, 2.24) is 9.55 Å². The molecule has 98 valence electrons. The van der Waals surface area contributed by atoms with Crippen molar-refractivity contribution in [1.29, 1.82) is 0 Å². The first-order valence-electron chi connectivity index (χ1n) is 6.51. The zero-order valence-electron chi connectivity index (χ0n) is 11.2. The lowest BCUT2D eigenvalue weighted by atomic mass is 9.93. The van der Waals surface area contributed by atoms with Crippen LogP contribution in [0, 0.1) is 0 Å². The summed E-state index contributed by atoms with van der Waals surface area (Å²) in [5.41, 5.74) is 8.03. The van der Waals surface area contributed by atoms with Crippen LogP contribution in [0.4, 0.5) is 0 Å². The Kier molecular flexibility index (Phi) is 3.64. The van der Waals surface area contributed by atoms with Crippen molar-refractivity contribution in [3.05, 3.63) is 29.0 Å². The number of benzene rings is 1. The number of hydrogen-bond acceptors (Lipinski definition) is 2. The van der Waals surface area contributed by atoms with Crippen LogP contribution in [0.25, 0.3) is 11.0 Å². The van der Waals surface area contributed by atoms with E-state index in [0.717, 1.165) is 41.3 Å². The number of para-hydroxylation sites is 1. The van der Waals surface area contributed by atoms with E-state index in [4.69, 9.17) is 22.3 Å². The first-order chi connectivity index (χ1) is 8.57. The second-order valence-corrected chi connectivity index (χ2v) is 5.06. The minimum Gasteiger partial charge on any atom is -0.325 e. The fraction of sp³-hybridized carbons (Fsp3) is 0.500. The average molecular weight is 266 g/mol. The number of hydrogen-bond donors (Lipinski definition) is 1. The number of rotatable bonds is 4.